The topological polar surface area (TPSA) is 147 Å². The summed E-state index contributed by atoms with van der Waals surface area (Å²) in [6, 6.07) is 0. The molecule has 0 bridgehead atoms. The predicted molar refractivity (Wildman–Crippen MR) is 66.1 cm³/mol. The zero-order valence-electron chi connectivity index (χ0n) is 10.9. The highest BCUT2D eigenvalue weighted by atomic mass is 16.6. The van der Waals surface area contributed by atoms with E-state index < -0.39 is 12.3 Å². The molecule has 0 saturated heterocycles. The molecule has 17 heavy (non-hydrogen) atoms. The summed E-state index contributed by atoms with van der Waals surface area (Å²) in [5.74, 6) is 0. The number of rotatable bonds is 3. The van der Waals surface area contributed by atoms with Crippen molar-refractivity contribution >= 4 is 12.3 Å². The Hall–Kier alpha value is -1.50. The maximum Gasteiger partial charge on any atom is 0.503 e. The zero-order chi connectivity index (χ0) is 14.0. The fraction of sp³-hybridized carbons (Fsp3) is 0.800. The van der Waals surface area contributed by atoms with Crippen LogP contribution in [0.2, 0.25) is 0 Å². The average molecular weight is 258 g/mol. The summed E-state index contributed by atoms with van der Waals surface area (Å²) in [5, 5.41) is 27.9. The van der Waals surface area contributed by atoms with Crippen molar-refractivity contribution in [2.75, 3.05) is 0 Å². The van der Waals surface area contributed by atoms with Gasteiger partial charge in [0.25, 0.3) is 0 Å². The molecule has 0 saturated carbocycles. The maximum atomic E-state index is 8.56. The molecule has 0 rings (SSSR count). The van der Waals surface area contributed by atoms with Crippen LogP contribution in [-0.2, 0) is 0 Å². The van der Waals surface area contributed by atoms with Gasteiger partial charge in [0.05, 0.1) is 0 Å². The van der Waals surface area contributed by atoms with Crippen molar-refractivity contribution in [1.82, 2.24) is 0 Å². The molecule has 0 aliphatic rings. The summed E-state index contributed by atoms with van der Waals surface area (Å²) in [6.45, 7) is 8.46. The monoisotopic (exact) mass is 258 g/mol. The molecule has 0 aliphatic carbocycles. The van der Waals surface area contributed by atoms with Gasteiger partial charge in [-0.2, -0.15) is 0 Å². The van der Waals surface area contributed by atoms with Crippen LogP contribution in [0.3, 0.4) is 0 Å². The van der Waals surface area contributed by atoms with E-state index in [2.05, 4.69) is 13.8 Å². The van der Waals surface area contributed by atoms with Crippen molar-refractivity contribution in [3.8, 4) is 0 Å². The molecule has 0 aromatic heterocycles. The average Bonchev–Trinajstić information content (AvgIpc) is 2.16. The van der Waals surface area contributed by atoms with E-state index in [9.17, 15) is 0 Å². The first-order chi connectivity index (χ1) is 7.38. The first kappa shape index (κ1) is 29.6. The second-order valence-corrected chi connectivity index (χ2v) is 2.27. The van der Waals surface area contributed by atoms with Gasteiger partial charge in [0, 0.05) is 0 Å². The van der Waals surface area contributed by atoms with E-state index >= 15 is 0 Å². The van der Waals surface area contributed by atoms with Gasteiger partial charge < -0.3 is 25.9 Å². The molecule has 0 atom stereocenters. The lowest BCUT2D eigenvalue weighted by Gasteiger charge is -1.86. The van der Waals surface area contributed by atoms with Gasteiger partial charge in [0.15, 0.2) is 0 Å². The smallest absolute Gasteiger partial charge is 0.450 e. The molecule has 0 radical (unpaired) electrons. The summed E-state index contributed by atoms with van der Waals surface area (Å²) < 4.78 is 0. The van der Waals surface area contributed by atoms with E-state index in [1.807, 2.05) is 13.8 Å². The third-order valence-electron chi connectivity index (χ3n) is 0.957. The zero-order valence-corrected chi connectivity index (χ0v) is 10.9. The van der Waals surface area contributed by atoms with E-state index in [4.69, 9.17) is 30.0 Å². The molecule has 0 aromatic carbocycles. The van der Waals surface area contributed by atoms with Gasteiger partial charge in [-0.1, -0.05) is 53.4 Å². The normalized spacial score (nSPS) is 6.35. The molecule has 0 amide bonds. The Morgan fingerprint density at radius 2 is 0.882 bits per heavy atom. The first-order valence-electron chi connectivity index (χ1n) is 5.22. The van der Waals surface area contributed by atoms with Crippen LogP contribution in [0.15, 0.2) is 0 Å². The van der Waals surface area contributed by atoms with E-state index in [0.717, 1.165) is 0 Å². The molecule has 6 N–H and O–H groups in total. The molecule has 0 heterocycles. The quantitative estimate of drug-likeness (QED) is 0.571. The first-order valence-corrected chi connectivity index (χ1v) is 5.22. The SMILES string of the molecule is CC.CCCCCC.O.O=C(O)O.O=C(O)O. The third-order valence-corrected chi connectivity index (χ3v) is 0.957. The van der Waals surface area contributed by atoms with Crippen LogP contribution in [0.4, 0.5) is 9.59 Å². The fourth-order valence-electron chi connectivity index (χ4n) is 0.500. The summed E-state index contributed by atoms with van der Waals surface area (Å²) >= 11 is 0. The van der Waals surface area contributed by atoms with Crippen molar-refractivity contribution in [3.05, 3.63) is 0 Å². The summed E-state index contributed by atoms with van der Waals surface area (Å²) in [6.07, 6.45) is 1.87. The van der Waals surface area contributed by atoms with E-state index in [-0.39, 0.29) is 5.48 Å². The second-order valence-electron chi connectivity index (χ2n) is 2.27. The van der Waals surface area contributed by atoms with Crippen LogP contribution in [0.1, 0.15) is 53.4 Å². The van der Waals surface area contributed by atoms with E-state index in [1.165, 1.54) is 25.7 Å². The van der Waals surface area contributed by atoms with Crippen molar-refractivity contribution in [1.29, 1.82) is 0 Å². The standard InChI is InChI=1S/C6H14.C2H6.2CH2O3.H2O/c1-3-5-6-4-2;1-2;2*2-1(3)4;/h3-6H2,1-2H3;1-2H3;2*(H2,2,3,4);1H2. The molecule has 108 valence electrons. The van der Waals surface area contributed by atoms with Gasteiger partial charge in [-0.3, -0.25) is 0 Å². The Morgan fingerprint density at radius 3 is 0.941 bits per heavy atom. The van der Waals surface area contributed by atoms with Crippen molar-refractivity contribution in [2.24, 2.45) is 0 Å². The number of hydrogen-bond donors (Lipinski definition) is 4. The number of hydrogen-bond acceptors (Lipinski definition) is 2. The Bertz CT molecular complexity index is 113. The lowest BCUT2D eigenvalue weighted by molar-refractivity contribution is 0.135. The summed E-state index contributed by atoms with van der Waals surface area (Å²) in [4.78, 5) is 17.1. The lowest BCUT2D eigenvalue weighted by Crippen LogP contribution is -1.81. The van der Waals surface area contributed by atoms with Crippen LogP contribution in [0, 0.1) is 0 Å². The third kappa shape index (κ3) is 1010. The van der Waals surface area contributed by atoms with Crippen LogP contribution in [0.25, 0.3) is 0 Å². The molecule has 0 unspecified atom stereocenters. The number of carbonyl (C=O) groups is 2. The van der Waals surface area contributed by atoms with Crippen LogP contribution in [-0.4, -0.2) is 38.2 Å². The Labute approximate surface area is 102 Å². The molecule has 0 aliphatic heterocycles. The minimum absolute atomic E-state index is 0. The molecular formula is C10H26O7. The molecule has 0 fully saturated rings. The van der Waals surface area contributed by atoms with E-state index in [1.54, 1.807) is 0 Å². The van der Waals surface area contributed by atoms with Gasteiger partial charge in [-0.05, 0) is 0 Å². The maximum absolute atomic E-state index is 8.56. The lowest BCUT2D eigenvalue weighted by atomic mass is 10.2. The molecule has 7 nitrogen and oxygen atoms in total. The Balaban J connectivity index is -0.0000000393. The van der Waals surface area contributed by atoms with Crippen LogP contribution in [0.5, 0.6) is 0 Å². The minimum atomic E-state index is -1.83. The van der Waals surface area contributed by atoms with Gasteiger partial charge in [0.1, 0.15) is 0 Å². The van der Waals surface area contributed by atoms with Gasteiger partial charge in [-0.25, -0.2) is 9.59 Å². The molecule has 0 aromatic rings. The minimum Gasteiger partial charge on any atom is -0.450 e. The largest absolute Gasteiger partial charge is 0.503 e. The van der Waals surface area contributed by atoms with Crippen molar-refractivity contribution in [2.45, 2.75) is 53.4 Å². The van der Waals surface area contributed by atoms with Gasteiger partial charge >= 0.3 is 12.3 Å². The molecule has 0 spiro atoms. The molecule has 7 heteroatoms. The summed E-state index contributed by atoms with van der Waals surface area (Å²) in [5.41, 5.74) is 0. The van der Waals surface area contributed by atoms with Gasteiger partial charge in [-0.15, -0.1) is 0 Å². The predicted octanol–water partition coefficient (Wildman–Crippen LogP) is 3.23. The van der Waals surface area contributed by atoms with Crippen LogP contribution >= 0.6 is 0 Å². The molecular weight excluding hydrogens is 232 g/mol. The Morgan fingerprint density at radius 1 is 0.765 bits per heavy atom. The summed E-state index contributed by atoms with van der Waals surface area (Å²) in [7, 11) is 0. The van der Waals surface area contributed by atoms with Gasteiger partial charge in [0.2, 0.25) is 0 Å². The Kier molecular flexibility index (Phi) is 63.6. The highest BCUT2D eigenvalue weighted by Gasteiger charge is 1.75. The highest BCUT2D eigenvalue weighted by Crippen LogP contribution is 1.95. The number of carboxylic acid groups (broad SMARTS) is 4. The second kappa shape index (κ2) is 36.6. The highest BCUT2D eigenvalue weighted by molar-refractivity contribution is 5.53. The van der Waals surface area contributed by atoms with E-state index in [0.29, 0.717) is 0 Å². The van der Waals surface area contributed by atoms with Crippen molar-refractivity contribution in [3.63, 3.8) is 0 Å². The van der Waals surface area contributed by atoms with Crippen molar-refractivity contribution < 1.29 is 35.5 Å². The fourth-order valence-corrected chi connectivity index (χ4v) is 0.500. The number of unbranched alkanes of at least 4 members (excludes halogenated alkanes) is 3. The van der Waals surface area contributed by atoms with Crippen LogP contribution < -0.4 is 0 Å².